The first kappa shape index (κ1) is 27.3. The van der Waals surface area contributed by atoms with E-state index in [0.717, 1.165) is 47.4 Å². The van der Waals surface area contributed by atoms with Crippen LogP contribution in [-0.4, -0.2) is 42.3 Å². The minimum atomic E-state index is 0.510. The number of aromatic nitrogens is 5. The first-order chi connectivity index (χ1) is 21.1. The topological polar surface area (TPSA) is 83.3 Å². The van der Waals surface area contributed by atoms with E-state index >= 15 is 0 Å². The molecule has 214 valence electrons. The van der Waals surface area contributed by atoms with E-state index in [9.17, 15) is 0 Å². The lowest BCUT2D eigenvalue weighted by molar-refractivity contribution is 0.331. The number of halogens is 2. The van der Waals surface area contributed by atoms with Gasteiger partial charge in [-0.2, -0.15) is 0 Å². The molecule has 0 unspecified atom stereocenters. The molecule has 0 bridgehead atoms. The summed E-state index contributed by atoms with van der Waals surface area (Å²) < 4.78 is 1.91. The van der Waals surface area contributed by atoms with Crippen molar-refractivity contribution in [3.8, 4) is 11.1 Å². The monoisotopic (exact) mass is 606 g/mol. The van der Waals surface area contributed by atoms with E-state index in [-0.39, 0.29) is 0 Å². The van der Waals surface area contributed by atoms with Crippen molar-refractivity contribution in [1.29, 1.82) is 0 Å². The van der Waals surface area contributed by atoms with Crippen LogP contribution in [0.25, 0.3) is 33.8 Å². The van der Waals surface area contributed by atoms with Crippen LogP contribution >= 0.6 is 23.2 Å². The smallest absolute Gasteiger partial charge is 0.180 e. The number of fused-ring (bicyclic) bond motifs is 2. The van der Waals surface area contributed by atoms with Gasteiger partial charge < -0.3 is 10.6 Å². The molecule has 0 aliphatic carbocycles. The Balaban J connectivity index is 1.18. The average Bonchev–Trinajstić information content (AvgIpc) is 3.70. The summed E-state index contributed by atoms with van der Waals surface area (Å²) in [6.45, 7) is 7.06. The maximum atomic E-state index is 7.02. The molecule has 7 rings (SSSR count). The lowest BCUT2D eigenvalue weighted by Crippen LogP contribution is -2.18. The zero-order valence-electron chi connectivity index (χ0n) is 23.3. The van der Waals surface area contributed by atoms with Gasteiger partial charge in [0, 0.05) is 47.8 Å². The summed E-state index contributed by atoms with van der Waals surface area (Å²) in [5, 5.41) is 8.83. The Morgan fingerprint density at radius 2 is 1.51 bits per heavy atom. The average molecular weight is 608 g/mol. The van der Waals surface area contributed by atoms with E-state index in [2.05, 4.69) is 43.1 Å². The van der Waals surface area contributed by atoms with Crippen LogP contribution in [0.15, 0.2) is 86.1 Å². The molecule has 5 heterocycles. The highest BCUT2D eigenvalue weighted by Gasteiger charge is 2.17. The van der Waals surface area contributed by atoms with Gasteiger partial charge in [0.05, 0.1) is 33.3 Å². The molecular formula is C33H28Cl2N8. The highest BCUT2D eigenvalue weighted by molar-refractivity contribution is 6.39. The number of pyridine rings is 2. The van der Waals surface area contributed by atoms with Gasteiger partial charge in [-0.15, -0.1) is 0 Å². The molecule has 8 nitrogen and oxygen atoms in total. The van der Waals surface area contributed by atoms with Crippen molar-refractivity contribution in [1.82, 2.24) is 29.2 Å². The van der Waals surface area contributed by atoms with Crippen molar-refractivity contribution < 1.29 is 0 Å². The Kier molecular flexibility index (Phi) is 7.40. The zero-order valence-corrected chi connectivity index (χ0v) is 24.8. The van der Waals surface area contributed by atoms with Crippen LogP contribution in [0.5, 0.6) is 0 Å². The number of benzene rings is 2. The quantitative estimate of drug-likeness (QED) is 0.180. The van der Waals surface area contributed by atoms with Gasteiger partial charge in [0.25, 0.3) is 0 Å². The predicted molar refractivity (Wildman–Crippen MR) is 176 cm³/mol. The van der Waals surface area contributed by atoms with Gasteiger partial charge in [0.2, 0.25) is 0 Å². The van der Waals surface area contributed by atoms with E-state index < -0.39 is 0 Å². The largest absolute Gasteiger partial charge is 0.337 e. The number of nitrogens with one attached hydrogen (secondary N) is 2. The van der Waals surface area contributed by atoms with Crippen LogP contribution < -0.4 is 10.6 Å². The number of hydrogen-bond acceptors (Lipinski definition) is 7. The third kappa shape index (κ3) is 5.29. The maximum Gasteiger partial charge on any atom is 0.180 e. The van der Waals surface area contributed by atoms with E-state index in [4.69, 9.17) is 28.2 Å². The van der Waals surface area contributed by atoms with E-state index in [1.54, 1.807) is 24.7 Å². The number of nitrogens with zero attached hydrogens (tertiary/aromatic N) is 6. The molecule has 0 atom stereocenters. The molecule has 43 heavy (non-hydrogen) atoms. The Hall–Kier alpha value is -4.50. The summed E-state index contributed by atoms with van der Waals surface area (Å²) in [5.74, 6) is 1.22. The normalized spacial score (nSPS) is 13.5. The van der Waals surface area contributed by atoms with Crippen molar-refractivity contribution in [3.63, 3.8) is 0 Å². The van der Waals surface area contributed by atoms with Crippen LogP contribution in [-0.2, 0) is 6.54 Å². The summed E-state index contributed by atoms with van der Waals surface area (Å²) >= 11 is 14.0. The molecule has 2 N–H and O–H groups in total. The second-order valence-electron chi connectivity index (χ2n) is 10.5. The zero-order chi connectivity index (χ0) is 29.3. The molecule has 1 fully saturated rings. The van der Waals surface area contributed by atoms with Crippen LogP contribution in [0.2, 0.25) is 10.0 Å². The fourth-order valence-electron chi connectivity index (χ4n) is 5.59. The molecule has 1 saturated heterocycles. The van der Waals surface area contributed by atoms with Crippen LogP contribution in [0.1, 0.15) is 24.1 Å². The number of likely N-dealkylation sites (tertiary alicyclic amines) is 1. The van der Waals surface area contributed by atoms with Gasteiger partial charge in [-0.25, -0.2) is 15.0 Å². The minimum Gasteiger partial charge on any atom is -0.337 e. The molecule has 6 aromatic rings. The van der Waals surface area contributed by atoms with Crippen LogP contribution in [0.4, 0.5) is 23.0 Å². The fourth-order valence-corrected chi connectivity index (χ4v) is 6.14. The van der Waals surface area contributed by atoms with Crippen molar-refractivity contribution in [3.05, 3.63) is 107 Å². The summed E-state index contributed by atoms with van der Waals surface area (Å²) in [5.41, 5.74) is 6.48. The summed E-state index contributed by atoms with van der Waals surface area (Å²) in [4.78, 5) is 20.8. The molecule has 0 spiro atoms. The number of anilines is 4. The van der Waals surface area contributed by atoms with Gasteiger partial charge in [0.1, 0.15) is 5.52 Å². The van der Waals surface area contributed by atoms with Gasteiger partial charge in [-0.3, -0.25) is 14.3 Å². The van der Waals surface area contributed by atoms with Gasteiger partial charge >= 0.3 is 0 Å². The highest BCUT2D eigenvalue weighted by atomic mass is 35.5. The Morgan fingerprint density at radius 3 is 2.23 bits per heavy atom. The lowest BCUT2D eigenvalue weighted by atomic mass is 10.0. The molecular weight excluding hydrogens is 579 g/mol. The highest BCUT2D eigenvalue weighted by Crippen LogP contribution is 2.41. The van der Waals surface area contributed by atoms with Gasteiger partial charge in [0.15, 0.2) is 17.3 Å². The number of imidazole rings is 1. The Morgan fingerprint density at radius 1 is 0.814 bits per heavy atom. The second-order valence-corrected chi connectivity index (χ2v) is 11.3. The van der Waals surface area contributed by atoms with Crippen molar-refractivity contribution >= 4 is 68.8 Å². The lowest BCUT2D eigenvalue weighted by Gasteiger charge is -2.16. The van der Waals surface area contributed by atoms with Crippen molar-refractivity contribution in [2.45, 2.75) is 19.4 Å². The maximum absolute atomic E-state index is 7.02. The number of hydrogen-bond donors (Lipinski definition) is 2. The van der Waals surface area contributed by atoms with E-state index in [1.807, 2.05) is 59.3 Å². The van der Waals surface area contributed by atoms with Crippen LogP contribution in [0.3, 0.4) is 0 Å². The molecule has 0 saturated carbocycles. The SMILES string of the molecule is C=Cc1cnc2c(Nc3cccc(-c4cccc(Nc5nccc6cc(CN7CCCC7)cnc56)c4Cl)c3Cl)nccn12. The third-order valence-corrected chi connectivity index (χ3v) is 8.53. The van der Waals surface area contributed by atoms with Gasteiger partial charge in [-0.1, -0.05) is 54.0 Å². The molecule has 1 aliphatic heterocycles. The molecule has 10 heteroatoms. The summed E-state index contributed by atoms with van der Waals surface area (Å²) in [6, 6.07) is 15.8. The van der Waals surface area contributed by atoms with Crippen molar-refractivity contribution in [2.75, 3.05) is 23.7 Å². The summed E-state index contributed by atoms with van der Waals surface area (Å²) in [6.07, 6.45) is 13.3. The Labute approximate surface area is 259 Å². The molecule has 0 amide bonds. The standard InChI is InChI=1S/C33H28Cl2N8/c1-2-23-19-39-33-32(37-13-16-43(23)33)41-27-10-6-8-25(29(27)35)24-7-5-9-26(28(24)34)40-31-30-22(11-12-36-31)17-21(18-38-30)20-42-14-3-4-15-42/h2,5-13,16-19H,1,3-4,14-15,20H2,(H,36,40)(H,37,41). The predicted octanol–water partition coefficient (Wildman–Crippen LogP) is 8.37. The minimum absolute atomic E-state index is 0.510. The first-order valence-electron chi connectivity index (χ1n) is 14.1. The molecule has 2 aromatic carbocycles. The number of rotatable bonds is 8. The molecule has 0 radical (unpaired) electrons. The molecule has 1 aliphatic rings. The van der Waals surface area contributed by atoms with E-state index in [1.165, 1.54) is 18.4 Å². The fraction of sp³-hybridized carbons (Fsp3) is 0.152. The van der Waals surface area contributed by atoms with Crippen LogP contribution in [0, 0.1) is 0 Å². The third-order valence-electron chi connectivity index (χ3n) is 7.72. The summed E-state index contributed by atoms with van der Waals surface area (Å²) in [7, 11) is 0. The first-order valence-corrected chi connectivity index (χ1v) is 14.9. The van der Waals surface area contributed by atoms with Crippen molar-refractivity contribution in [2.24, 2.45) is 0 Å². The Bertz CT molecular complexity index is 1980. The van der Waals surface area contributed by atoms with E-state index in [0.29, 0.717) is 38.7 Å². The second kappa shape index (κ2) is 11.6. The molecule has 4 aromatic heterocycles. The van der Waals surface area contributed by atoms with Gasteiger partial charge in [-0.05, 0) is 61.8 Å².